The fraction of sp³-hybridized carbons (Fsp3) is 0.923. The lowest BCUT2D eigenvalue weighted by Gasteiger charge is -2.22. The number of nitrogens with zero attached hydrogens (tertiary/aromatic N) is 2. The Hall–Kier alpha value is -1.80. The van der Waals surface area contributed by atoms with Gasteiger partial charge in [0.2, 0.25) is 0 Å². The van der Waals surface area contributed by atoms with Crippen molar-refractivity contribution in [2.75, 3.05) is 39.8 Å². The summed E-state index contributed by atoms with van der Waals surface area (Å²) in [5.74, 6) is 2.21. The summed E-state index contributed by atoms with van der Waals surface area (Å²) in [6, 6.07) is 0. The lowest BCUT2D eigenvalue weighted by atomic mass is 9.92. The Balaban J connectivity index is -0.000000546. The van der Waals surface area contributed by atoms with Crippen LogP contribution in [0.4, 0.5) is 0 Å². The number of rotatable bonds is 42. The first-order valence-electron chi connectivity index (χ1n) is 25.8. The summed E-state index contributed by atoms with van der Waals surface area (Å²) in [4.78, 5) is 35.0. The number of hydrogen-bond donors (Lipinski definition) is 3. The highest BCUT2D eigenvalue weighted by molar-refractivity contribution is 6.38. The van der Waals surface area contributed by atoms with E-state index in [1.807, 2.05) is 13.7 Å². The lowest BCUT2D eigenvalue weighted by Crippen LogP contribution is -2.34. The number of nitrogens with one attached hydrogen (secondary N) is 1. The summed E-state index contributed by atoms with van der Waals surface area (Å²) >= 11 is 0. The summed E-state index contributed by atoms with van der Waals surface area (Å²) in [6.07, 6.45) is 45.6. The van der Waals surface area contributed by atoms with Crippen LogP contribution in [0.2, 0.25) is 0 Å². The second kappa shape index (κ2) is 59.3. The molecule has 0 aromatic heterocycles. The minimum absolute atomic E-state index is 0.113. The molecule has 0 saturated carbocycles. The number of carbonyl (C=O) groups excluding carboxylic acids is 2. The molecule has 0 bridgehead atoms. The van der Waals surface area contributed by atoms with Gasteiger partial charge in [0.1, 0.15) is 6.79 Å². The number of aliphatic hydroxyl groups is 1. The molecule has 0 aliphatic heterocycles. The van der Waals surface area contributed by atoms with E-state index in [2.05, 4.69) is 49.8 Å². The van der Waals surface area contributed by atoms with Gasteiger partial charge in [0.25, 0.3) is 6.47 Å². The molecule has 0 radical (unpaired) electrons. The first kappa shape index (κ1) is 64.8. The third-order valence-electron chi connectivity index (χ3n) is 11.9. The predicted molar refractivity (Wildman–Crippen MR) is 264 cm³/mol. The highest BCUT2D eigenvalue weighted by atomic mass is 16.3. The molecule has 60 heavy (non-hydrogen) atoms. The average molecular weight is 854 g/mol. The van der Waals surface area contributed by atoms with Crippen LogP contribution in [0.15, 0.2) is 4.99 Å². The molecular formula is C52H107N3O5. The second-order valence-corrected chi connectivity index (χ2v) is 17.2. The molecule has 0 spiro atoms. The highest BCUT2D eigenvalue weighted by Crippen LogP contribution is 2.22. The van der Waals surface area contributed by atoms with E-state index in [0.29, 0.717) is 24.8 Å². The number of Topliss-reactive ketones (excluding diaryl/α,β-unsaturated/α-hetero) is 1. The van der Waals surface area contributed by atoms with E-state index in [0.717, 1.165) is 25.4 Å². The summed E-state index contributed by atoms with van der Waals surface area (Å²) in [7, 11) is 1.70. The number of amidine groups is 1. The zero-order valence-electron chi connectivity index (χ0n) is 41.5. The fourth-order valence-electron chi connectivity index (χ4n) is 7.90. The monoisotopic (exact) mass is 854 g/mol. The summed E-state index contributed by atoms with van der Waals surface area (Å²) < 4.78 is 0. The van der Waals surface area contributed by atoms with Crippen molar-refractivity contribution >= 4 is 24.9 Å². The molecule has 0 saturated heterocycles. The largest absolute Gasteiger partial charge is 0.483 e. The van der Waals surface area contributed by atoms with Gasteiger partial charge in [0.15, 0.2) is 11.6 Å². The Morgan fingerprint density at radius 1 is 0.550 bits per heavy atom. The van der Waals surface area contributed by atoms with Crippen LogP contribution in [-0.2, 0) is 14.4 Å². The average Bonchev–Trinajstić information content (AvgIpc) is 3.27. The van der Waals surface area contributed by atoms with Crippen molar-refractivity contribution in [1.82, 2.24) is 10.2 Å². The molecule has 0 amide bonds. The van der Waals surface area contributed by atoms with Crippen molar-refractivity contribution in [1.29, 1.82) is 0 Å². The normalized spacial score (nSPS) is 11.6. The smallest absolute Gasteiger partial charge is 0.290 e. The quantitative estimate of drug-likeness (QED) is 0.0242. The van der Waals surface area contributed by atoms with E-state index in [1.165, 1.54) is 219 Å². The van der Waals surface area contributed by atoms with Crippen LogP contribution in [-0.4, -0.2) is 79.8 Å². The molecule has 0 heterocycles. The minimum atomic E-state index is -0.250. The van der Waals surface area contributed by atoms with E-state index < -0.39 is 0 Å². The summed E-state index contributed by atoms with van der Waals surface area (Å²) in [6.45, 7) is 20.0. The predicted octanol–water partition coefficient (Wildman–Crippen LogP) is 14.6. The SMILES string of the molecule is C=O.CCCCCCCCC(CC)CCCCCCCN(CCCCCC)CCCNC(=NC)C(=O)CC.CCCCCCCCC(CO)CCCCCCCC.O=CO. The summed E-state index contributed by atoms with van der Waals surface area (Å²) in [5, 5.41) is 19.6. The molecule has 3 N–H and O–H groups in total. The number of unbranched alkanes of at least 4 members (excludes halogenated alkanes) is 22. The van der Waals surface area contributed by atoms with Crippen LogP contribution in [0.3, 0.4) is 0 Å². The summed E-state index contributed by atoms with van der Waals surface area (Å²) in [5.41, 5.74) is 0. The highest BCUT2D eigenvalue weighted by Gasteiger charge is 2.10. The number of hydrogen-bond acceptors (Lipinski definition) is 6. The maximum atomic E-state index is 11.9. The van der Waals surface area contributed by atoms with E-state index in [1.54, 1.807) is 7.05 Å². The standard InChI is InChI=1S/C32H65N3O.C18H38O.CH2O2.CH2O/c1-6-10-12-14-16-19-24-30(8-3)25-20-17-15-18-22-28-35(27-21-13-11-7-2)29-23-26-34-32(33-5)31(36)9-4;1-3-5-7-9-11-13-15-18(17-19)16-14-12-10-8-6-4-2;2-1-3;1-2/h30H,6-29H2,1-5H3,(H,33,34);18-19H,3-17H2,1-2H3;1H,(H,2,3);1H2. The van der Waals surface area contributed by atoms with E-state index >= 15 is 0 Å². The van der Waals surface area contributed by atoms with Gasteiger partial charge in [0.05, 0.1) is 0 Å². The van der Waals surface area contributed by atoms with E-state index in [9.17, 15) is 9.90 Å². The Morgan fingerprint density at radius 2 is 0.867 bits per heavy atom. The Labute approximate surface area is 375 Å². The second-order valence-electron chi connectivity index (χ2n) is 17.2. The minimum Gasteiger partial charge on any atom is -0.483 e. The van der Waals surface area contributed by atoms with Crippen molar-refractivity contribution < 1.29 is 24.6 Å². The Bertz CT molecular complexity index is 826. The van der Waals surface area contributed by atoms with Gasteiger partial charge in [-0.2, -0.15) is 0 Å². The van der Waals surface area contributed by atoms with Crippen LogP contribution in [0.1, 0.15) is 260 Å². The van der Waals surface area contributed by atoms with Crippen LogP contribution in [0, 0.1) is 11.8 Å². The van der Waals surface area contributed by atoms with Crippen molar-refractivity contribution in [3.63, 3.8) is 0 Å². The van der Waals surface area contributed by atoms with Gasteiger partial charge in [-0.05, 0) is 63.6 Å². The van der Waals surface area contributed by atoms with Crippen LogP contribution < -0.4 is 5.32 Å². The van der Waals surface area contributed by atoms with Gasteiger partial charge in [-0.25, -0.2) is 0 Å². The van der Waals surface area contributed by atoms with Crippen molar-refractivity contribution in [2.45, 2.75) is 260 Å². The molecule has 0 aromatic carbocycles. The molecule has 8 heteroatoms. The van der Waals surface area contributed by atoms with E-state index in [4.69, 9.17) is 14.7 Å². The molecule has 360 valence electrons. The molecule has 0 rings (SSSR count). The zero-order chi connectivity index (χ0) is 45.6. The first-order chi connectivity index (χ1) is 29.4. The maximum absolute atomic E-state index is 11.9. The van der Waals surface area contributed by atoms with Crippen LogP contribution >= 0.6 is 0 Å². The molecule has 0 aliphatic carbocycles. The van der Waals surface area contributed by atoms with Crippen LogP contribution in [0.5, 0.6) is 0 Å². The lowest BCUT2D eigenvalue weighted by molar-refractivity contribution is -0.123. The van der Waals surface area contributed by atoms with E-state index in [-0.39, 0.29) is 12.3 Å². The number of ketones is 1. The third kappa shape index (κ3) is 52.3. The van der Waals surface area contributed by atoms with Gasteiger partial charge in [0, 0.05) is 26.6 Å². The van der Waals surface area contributed by atoms with Crippen molar-refractivity contribution in [3.8, 4) is 0 Å². The van der Waals surface area contributed by atoms with Gasteiger partial charge in [-0.3, -0.25) is 14.6 Å². The van der Waals surface area contributed by atoms with Crippen molar-refractivity contribution in [3.05, 3.63) is 0 Å². The molecule has 8 nitrogen and oxygen atoms in total. The van der Waals surface area contributed by atoms with Gasteiger partial charge in [-0.15, -0.1) is 0 Å². The molecule has 0 aliphatic rings. The number of aliphatic imine (C=N–C) groups is 1. The molecule has 1 unspecified atom stereocenters. The topological polar surface area (TPSA) is 119 Å². The van der Waals surface area contributed by atoms with Crippen LogP contribution in [0.25, 0.3) is 0 Å². The number of carboxylic acid groups (broad SMARTS) is 1. The van der Waals surface area contributed by atoms with Gasteiger partial charge >= 0.3 is 0 Å². The van der Waals surface area contributed by atoms with Gasteiger partial charge in [-0.1, -0.05) is 221 Å². The maximum Gasteiger partial charge on any atom is 0.290 e. The van der Waals surface area contributed by atoms with Gasteiger partial charge < -0.3 is 25.2 Å². The first-order valence-corrected chi connectivity index (χ1v) is 25.8. The Kier molecular flexibility index (Phi) is 64.1. The Morgan fingerprint density at radius 3 is 1.20 bits per heavy atom. The van der Waals surface area contributed by atoms with Crippen molar-refractivity contribution in [2.24, 2.45) is 16.8 Å². The molecule has 0 aromatic rings. The molecule has 1 atom stereocenters. The number of aliphatic hydroxyl groups excluding tert-OH is 1. The molecular weight excluding hydrogens is 747 g/mol. The number of carbonyl (C=O) groups is 3. The fourth-order valence-corrected chi connectivity index (χ4v) is 7.90. The zero-order valence-corrected chi connectivity index (χ0v) is 41.5. The third-order valence-corrected chi connectivity index (χ3v) is 11.9. The molecule has 0 fully saturated rings.